The van der Waals surface area contributed by atoms with Gasteiger partial charge in [-0.2, -0.15) is 0 Å². The van der Waals surface area contributed by atoms with E-state index in [1.165, 1.54) is 6.07 Å². The van der Waals surface area contributed by atoms with Gasteiger partial charge in [-0.05, 0) is 12.1 Å². The van der Waals surface area contributed by atoms with Crippen LogP contribution >= 0.6 is 0 Å². The van der Waals surface area contributed by atoms with E-state index in [0.717, 1.165) is 0 Å². The average Bonchev–Trinajstić information content (AvgIpc) is 1.89. The highest BCUT2D eigenvalue weighted by Crippen LogP contribution is 2.22. The lowest BCUT2D eigenvalue weighted by molar-refractivity contribution is 0.446. The maximum Gasteiger partial charge on any atom is 0.374 e. The maximum atomic E-state index is 8.91. The van der Waals surface area contributed by atoms with Gasteiger partial charge in [0.05, 0.1) is 0 Å². The summed E-state index contributed by atoms with van der Waals surface area (Å²) in [5, 5.41) is 8.91. The minimum Gasteiger partial charge on any atom is -0.565 e. The second-order valence-corrected chi connectivity index (χ2v) is 1.59. The molecule has 3 heteroatoms. The van der Waals surface area contributed by atoms with Gasteiger partial charge in [-0.3, -0.25) is 0 Å². The summed E-state index contributed by atoms with van der Waals surface area (Å²) in [4.78, 5) is 0. The molecule has 0 saturated heterocycles. The monoisotopic (exact) mass is 120 g/mol. The highest BCUT2D eigenvalue weighted by atomic mass is 16.4. The molecule has 0 aromatic heterocycles. The topological polar surface area (TPSA) is 29.5 Å². The fourth-order valence-corrected chi connectivity index (χ4v) is 0.557. The smallest absolute Gasteiger partial charge is 0.374 e. The number of phenols is 1. The molecule has 0 amide bonds. The molecule has 2 nitrogen and oxygen atoms in total. The molecular weight excluding hydrogens is 115 g/mol. The molecule has 0 aliphatic rings. The van der Waals surface area contributed by atoms with Crippen LogP contribution in [0.15, 0.2) is 24.3 Å². The zero-order valence-electron chi connectivity index (χ0n) is 4.74. The van der Waals surface area contributed by atoms with Crippen LogP contribution in [0.2, 0.25) is 0 Å². The number of phenolic OH excluding ortho intramolecular Hbond substituents is 1. The zero-order valence-corrected chi connectivity index (χ0v) is 4.74. The highest BCUT2D eigenvalue weighted by molar-refractivity contribution is 6.00. The molecule has 0 spiro atoms. The second kappa shape index (κ2) is 2.44. The lowest BCUT2D eigenvalue weighted by atomic mass is 10.3. The predicted octanol–water partition coefficient (Wildman–Crippen LogP) is 0.854. The Hall–Kier alpha value is -1.12. The molecule has 1 aromatic carbocycles. The summed E-state index contributed by atoms with van der Waals surface area (Å²) >= 11 is 0. The Morgan fingerprint density at radius 3 is 2.44 bits per heavy atom. The lowest BCUT2D eigenvalue weighted by Gasteiger charge is -2.00. The van der Waals surface area contributed by atoms with Gasteiger partial charge in [0.15, 0.2) is 5.75 Å². The van der Waals surface area contributed by atoms with Crippen LogP contribution in [0.1, 0.15) is 0 Å². The standard InChI is InChI=1S/C6H5BO2/c7-9-6-4-2-1-3-5(6)8/h1-4,8H. The van der Waals surface area contributed by atoms with Crippen LogP contribution in [0.5, 0.6) is 11.5 Å². The van der Waals surface area contributed by atoms with E-state index in [4.69, 9.17) is 13.2 Å². The molecule has 44 valence electrons. The number of hydrogen-bond donors (Lipinski definition) is 1. The third kappa shape index (κ3) is 1.16. The van der Waals surface area contributed by atoms with E-state index in [0.29, 0.717) is 0 Å². The van der Waals surface area contributed by atoms with E-state index in [2.05, 4.69) is 4.65 Å². The fourth-order valence-electron chi connectivity index (χ4n) is 0.557. The molecular formula is C6H5BO2. The Balaban J connectivity index is 3.01. The van der Waals surface area contributed by atoms with Crippen LogP contribution < -0.4 is 4.65 Å². The molecule has 0 bridgehead atoms. The first-order valence-corrected chi connectivity index (χ1v) is 2.49. The Bertz CT molecular complexity index is 200. The summed E-state index contributed by atoms with van der Waals surface area (Å²) in [6, 6.07) is 6.50. The van der Waals surface area contributed by atoms with Crippen LogP contribution in [0, 0.1) is 0 Å². The van der Waals surface area contributed by atoms with Crippen molar-refractivity contribution in [2.24, 2.45) is 0 Å². The van der Waals surface area contributed by atoms with Crippen molar-refractivity contribution in [2.45, 2.75) is 0 Å². The summed E-state index contributed by atoms with van der Waals surface area (Å²) in [6.07, 6.45) is 0. The molecule has 0 atom stereocenters. The molecule has 0 saturated carbocycles. The Kier molecular flexibility index (Phi) is 1.63. The molecule has 1 N–H and O–H groups in total. The Morgan fingerprint density at radius 1 is 1.33 bits per heavy atom. The van der Waals surface area contributed by atoms with Crippen molar-refractivity contribution < 1.29 is 9.76 Å². The van der Waals surface area contributed by atoms with E-state index in [1.807, 2.05) is 0 Å². The quantitative estimate of drug-likeness (QED) is 0.556. The minimum atomic E-state index is 0.0556. The first-order valence-electron chi connectivity index (χ1n) is 2.49. The molecule has 1 rings (SSSR count). The van der Waals surface area contributed by atoms with Crippen molar-refractivity contribution in [1.29, 1.82) is 0 Å². The predicted molar refractivity (Wildman–Crippen MR) is 34.5 cm³/mol. The number of aromatic hydroxyl groups is 1. The second-order valence-electron chi connectivity index (χ2n) is 1.59. The average molecular weight is 120 g/mol. The van der Waals surface area contributed by atoms with Crippen LogP contribution in [-0.4, -0.2) is 13.2 Å². The van der Waals surface area contributed by atoms with Crippen LogP contribution in [0.4, 0.5) is 0 Å². The van der Waals surface area contributed by atoms with Gasteiger partial charge in [0, 0.05) is 0 Å². The van der Waals surface area contributed by atoms with Crippen LogP contribution in [-0.2, 0) is 0 Å². The van der Waals surface area contributed by atoms with Crippen molar-refractivity contribution >= 4 is 8.05 Å². The van der Waals surface area contributed by atoms with Crippen molar-refractivity contribution in [3.8, 4) is 11.5 Å². The van der Waals surface area contributed by atoms with Gasteiger partial charge in [-0.1, -0.05) is 12.1 Å². The van der Waals surface area contributed by atoms with Crippen molar-refractivity contribution in [1.82, 2.24) is 0 Å². The van der Waals surface area contributed by atoms with E-state index in [9.17, 15) is 0 Å². The first kappa shape index (κ1) is 6.01. The third-order valence-corrected chi connectivity index (χ3v) is 0.992. The summed E-state index contributed by atoms with van der Waals surface area (Å²) in [7, 11) is 4.79. The minimum absolute atomic E-state index is 0.0556. The number of hydrogen-bond acceptors (Lipinski definition) is 2. The SMILES string of the molecule is [B]Oc1ccccc1O. The van der Waals surface area contributed by atoms with Crippen molar-refractivity contribution in [3.63, 3.8) is 0 Å². The van der Waals surface area contributed by atoms with E-state index in [1.54, 1.807) is 18.2 Å². The summed E-state index contributed by atoms with van der Waals surface area (Å²) < 4.78 is 4.29. The Labute approximate surface area is 54.5 Å². The van der Waals surface area contributed by atoms with Gasteiger partial charge < -0.3 is 9.76 Å². The normalized spacial score (nSPS) is 8.89. The summed E-state index contributed by atoms with van der Waals surface area (Å²) in [5.41, 5.74) is 0. The molecule has 0 unspecified atom stereocenters. The largest absolute Gasteiger partial charge is 0.565 e. The van der Waals surface area contributed by atoms with Gasteiger partial charge in [0.1, 0.15) is 5.75 Å². The van der Waals surface area contributed by atoms with Crippen LogP contribution in [0.3, 0.4) is 0 Å². The third-order valence-electron chi connectivity index (χ3n) is 0.992. The van der Waals surface area contributed by atoms with Gasteiger partial charge in [-0.15, -0.1) is 0 Å². The molecule has 0 heterocycles. The summed E-state index contributed by atoms with van der Waals surface area (Å²) in [6.45, 7) is 0. The Morgan fingerprint density at radius 2 is 2.00 bits per heavy atom. The number of para-hydroxylation sites is 2. The van der Waals surface area contributed by atoms with Gasteiger partial charge in [0.25, 0.3) is 0 Å². The fraction of sp³-hybridized carbons (Fsp3) is 0. The number of rotatable bonds is 1. The van der Waals surface area contributed by atoms with Crippen LogP contribution in [0.25, 0.3) is 0 Å². The summed E-state index contributed by atoms with van der Waals surface area (Å²) in [5.74, 6) is 0.345. The molecule has 0 fully saturated rings. The molecule has 0 aliphatic heterocycles. The van der Waals surface area contributed by atoms with Gasteiger partial charge >= 0.3 is 8.05 Å². The first-order chi connectivity index (χ1) is 4.34. The maximum absolute atomic E-state index is 8.91. The van der Waals surface area contributed by atoms with Crippen molar-refractivity contribution in [2.75, 3.05) is 0 Å². The molecule has 0 aliphatic carbocycles. The molecule has 9 heavy (non-hydrogen) atoms. The van der Waals surface area contributed by atoms with E-state index >= 15 is 0 Å². The van der Waals surface area contributed by atoms with E-state index < -0.39 is 0 Å². The van der Waals surface area contributed by atoms with Crippen molar-refractivity contribution in [3.05, 3.63) is 24.3 Å². The molecule has 1 aromatic rings. The van der Waals surface area contributed by atoms with Gasteiger partial charge in [0.2, 0.25) is 0 Å². The van der Waals surface area contributed by atoms with E-state index in [-0.39, 0.29) is 11.5 Å². The highest BCUT2D eigenvalue weighted by Gasteiger charge is 1.93. The zero-order chi connectivity index (χ0) is 6.69. The number of benzene rings is 1. The van der Waals surface area contributed by atoms with Gasteiger partial charge in [-0.25, -0.2) is 0 Å². The molecule has 2 radical (unpaired) electrons. The lowest BCUT2D eigenvalue weighted by Crippen LogP contribution is -1.83.